The van der Waals surface area contributed by atoms with E-state index in [-0.39, 0.29) is 0 Å². The summed E-state index contributed by atoms with van der Waals surface area (Å²) in [7, 11) is 0. The van der Waals surface area contributed by atoms with Gasteiger partial charge in [-0.05, 0) is 49.0 Å². The predicted octanol–water partition coefficient (Wildman–Crippen LogP) is 3.53. The molecule has 0 amide bonds. The second-order valence-corrected chi connectivity index (χ2v) is 6.81. The molecule has 0 heterocycles. The molecule has 1 aliphatic carbocycles. The van der Waals surface area contributed by atoms with Crippen molar-refractivity contribution in [3.05, 3.63) is 34.9 Å². The van der Waals surface area contributed by atoms with E-state index in [2.05, 4.69) is 26.8 Å². The highest BCUT2D eigenvalue weighted by Crippen LogP contribution is 2.44. The summed E-state index contributed by atoms with van der Waals surface area (Å²) in [5.74, 6) is 1.14. The van der Waals surface area contributed by atoms with Gasteiger partial charge in [-0.25, -0.2) is 0 Å². The zero-order valence-corrected chi connectivity index (χ0v) is 13.0. The summed E-state index contributed by atoms with van der Waals surface area (Å²) in [5.41, 5.74) is 2.52. The van der Waals surface area contributed by atoms with E-state index in [0.717, 1.165) is 17.5 Å². The van der Waals surface area contributed by atoms with Gasteiger partial charge in [-0.1, -0.05) is 51.0 Å². The molecule has 0 spiro atoms. The Bertz CT molecular complexity index is 490. The quantitative estimate of drug-likeness (QED) is 0.845. The first kappa shape index (κ1) is 15.1. The molecule has 2 heteroatoms. The maximum atomic E-state index is 11.4. The molecule has 0 N–H and O–H groups in total. The lowest BCUT2D eigenvalue weighted by Gasteiger charge is -2.38. The van der Waals surface area contributed by atoms with E-state index in [1.54, 1.807) is 6.07 Å². The first-order valence-corrected chi connectivity index (χ1v) is 7.72. The zero-order valence-electron chi connectivity index (χ0n) is 13.0. The Kier molecular flexibility index (Phi) is 4.52. The summed E-state index contributed by atoms with van der Waals surface area (Å²) in [5, 5.41) is 11.4. The molecule has 0 saturated heterocycles. The van der Waals surface area contributed by atoms with Gasteiger partial charge in [0.1, 0.15) is 0 Å². The zero-order chi connectivity index (χ0) is 14.9. The van der Waals surface area contributed by atoms with Crippen molar-refractivity contribution in [1.82, 2.24) is 0 Å². The lowest BCUT2D eigenvalue weighted by Crippen LogP contribution is -2.30. The standard InChI is InChI=1S/C18H26O2/c1-11(2)14-7-5-12(3)9-16(14)17-10-13(4)6-8-15(17)18(19)20/h6,8,10-12,14,16H,5,7,9H2,1-4H3,(H,19,20)/p-1. The van der Waals surface area contributed by atoms with Crippen LogP contribution < -0.4 is 5.11 Å². The third-order valence-electron chi connectivity index (χ3n) is 4.85. The van der Waals surface area contributed by atoms with Gasteiger partial charge in [-0.2, -0.15) is 0 Å². The van der Waals surface area contributed by atoms with Gasteiger partial charge in [-0.3, -0.25) is 0 Å². The summed E-state index contributed by atoms with van der Waals surface area (Å²) < 4.78 is 0. The number of hydrogen-bond donors (Lipinski definition) is 0. The number of rotatable bonds is 3. The SMILES string of the molecule is Cc1ccc(C(=O)[O-])c(C2CC(C)CCC2C(C)C)c1. The maximum absolute atomic E-state index is 11.4. The van der Waals surface area contributed by atoms with Crippen LogP contribution in [0.1, 0.15) is 67.4 Å². The van der Waals surface area contributed by atoms with E-state index in [1.807, 2.05) is 13.0 Å². The minimum Gasteiger partial charge on any atom is -0.545 e. The van der Waals surface area contributed by atoms with Gasteiger partial charge in [0.05, 0.1) is 5.97 Å². The molecular formula is C18H25O2-. The second kappa shape index (κ2) is 5.99. The van der Waals surface area contributed by atoms with Gasteiger partial charge in [-0.15, -0.1) is 0 Å². The van der Waals surface area contributed by atoms with Crippen LogP contribution in [0.4, 0.5) is 0 Å². The van der Waals surface area contributed by atoms with Crippen LogP contribution in [0.3, 0.4) is 0 Å². The summed E-state index contributed by atoms with van der Waals surface area (Å²) in [6.45, 7) is 8.81. The van der Waals surface area contributed by atoms with E-state index < -0.39 is 5.97 Å². The van der Waals surface area contributed by atoms with Crippen LogP contribution in [0.5, 0.6) is 0 Å². The monoisotopic (exact) mass is 273 g/mol. The van der Waals surface area contributed by atoms with Gasteiger partial charge in [0.2, 0.25) is 0 Å². The number of benzene rings is 1. The van der Waals surface area contributed by atoms with Crippen LogP contribution in [0.2, 0.25) is 0 Å². The fourth-order valence-electron chi connectivity index (χ4n) is 3.73. The molecular weight excluding hydrogens is 248 g/mol. The molecule has 1 aromatic rings. The number of aromatic carboxylic acids is 1. The Morgan fingerprint density at radius 3 is 2.60 bits per heavy atom. The minimum absolute atomic E-state index is 0.353. The number of carbonyl (C=O) groups excluding carboxylic acids is 1. The molecule has 0 radical (unpaired) electrons. The topological polar surface area (TPSA) is 40.1 Å². The summed E-state index contributed by atoms with van der Waals surface area (Å²) in [6.07, 6.45) is 3.54. The molecule has 3 atom stereocenters. The Hall–Kier alpha value is -1.31. The van der Waals surface area contributed by atoms with E-state index >= 15 is 0 Å². The van der Waals surface area contributed by atoms with E-state index in [0.29, 0.717) is 29.2 Å². The van der Waals surface area contributed by atoms with Crippen molar-refractivity contribution >= 4 is 5.97 Å². The van der Waals surface area contributed by atoms with Gasteiger partial charge in [0.25, 0.3) is 0 Å². The third kappa shape index (κ3) is 3.05. The second-order valence-electron chi connectivity index (χ2n) is 6.81. The molecule has 0 aromatic heterocycles. The number of carboxylic acids is 1. The van der Waals surface area contributed by atoms with Crippen LogP contribution in [-0.4, -0.2) is 5.97 Å². The summed E-state index contributed by atoms with van der Waals surface area (Å²) >= 11 is 0. The number of hydrogen-bond acceptors (Lipinski definition) is 2. The molecule has 3 unspecified atom stereocenters. The third-order valence-corrected chi connectivity index (χ3v) is 4.85. The van der Waals surface area contributed by atoms with Crippen molar-refractivity contribution in [2.24, 2.45) is 17.8 Å². The van der Waals surface area contributed by atoms with E-state index in [1.165, 1.54) is 12.8 Å². The summed E-state index contributed by atoms with van der Waals surface area (Å²) in [6, 6.07) is 5.64. The molecule has 20 heavy (non-hydrogen) atoms. The molecule has 2 rings (SSSR count). The van der Waals surface area contributed by atoms with Gasteiger partial charge in [0.15, 0.2) is 0 Å². The number of carbonyl (C=O) groups is 1. The van der Waals surface area contributed by atoms with Crippen molar-refractivity contribution in [2.75, 3.05) is 0 Å². The molecule has 0 aliphatic heterocycles. The van der Waals surface area contributed by atoms with E-state index in [4.69, 9.17) is 0 Å². The number of carboxylic acid groups (broad SMARTS) is 1. The highest BCUT2D eigenvalue weighted by atomic mass is 16.4. The Balaban J connectivity index is 2.45. The fourth-order valence-corrected chi connectivity index (χ4v) is 3.73. The molecule has 1 aromatic carbocycles. The highest BCUT2D eigenvalue weighted by Gasteiger charge is 2.33. The minimum atomic E-state index is -1.04. The Morgan fingerprint density at radius 1 is 1.30 bits per heavy atom. The number of aryl methyl sites for hydroxylation is 1. The lowest BCUT2D eigenvalue weighted by atomic mass is 9.67. The van der Waals surface area contributed by atoms with Crippen molar-refractivity contribution in [3.8, 4) is 0 Å². The smallest absolute Gasteiger partial charge is 0.0718 e. The average Bonchev–Trinajstić information content (AvgIpc) is 2.37. The average molecular weight is 273 g/mol. The van der Waals surface area contributed by atoms with Gasteiger partial charge in [0, 0.05) is 5.56 Å². The molecule has 0 bridgehead atoms. The van der Waals surface area contributed by atoms with Crippen molar-refractivity contribution in [2.45, 2.75) is 52.9 Å². The first-order valence-electron chi connectivity index (χ1n) is 7.72. The van der Waals surface area contributed by atoms with Crippen LogP contribution >= 0.6 is 0 Å². The largest absolute Gasteiger partial charge is 0.545 e. The van der Waals surface area contributed by atoms with Crippen molar-refractivity contribution < 1.29 is 9.90 Å². The molecule has 2 nitrogen and oxygen atoms in total. The summed E-state index contributed by atoms with van der Waals surface area (Å²) in [4.78, 5) is 11.4. The first-order chi connectivity index (χ1) is 9.40. The van der Waals surface area contributed by atoms with Crippen LogP contribution in [0, 0.1) is 24.7 Å². The fraction of sp³-hybridized carbons (Fsp3) is 0.611. The lowest BCUT2D eigenvalue weighted by molar-refractivity contribution is -0.255. The predicted molar refractivity (Wildman–Crippen MR) is 79.6 cm³/mol. The van der Waals surface area contributed by atoms with Crippen LogP contribution in [-0.2, 0) is 0 Å². The van der Waals surface area contributed by atoms with Crippen LogP contribution in [0.15, 0.2) is 18.2 Å². The van der Waals surface area contributed by atoms with Crippen LogP contribution in [0.25, 0.3) is 0 Å². The van der Waals surface area contributed by atoms with Gasteiger partial charge >= 0.3 is 0 Å². The Labute approximate surface area is 122 Å². The molecule has 1 aliphatic rings. The van der Waals surface area contributed by atoms with Crippen molar-refractivity contribution in [3.63, 3.8) is 0 Å². The van der Waals surface area contributed by atoms with Crippen molar-refractivity contribution in [1.29, 1.82) is 0 Å². The maximum Gasteiger partial charge on any atom is 0.0718 e. The molecule has 1 saturated carbocycles. The highest BCUT2D eigenvalue weighted by molar-refractivity contribution is 5.88. The van der Waals surface area contributed by atoms with E-state index in [9.17, 15) is 9.90 Å². The van der Waals surface area contributed by atoms with Gasteiger partial charge < -0.3 is 9.90 Å². The molecule has 1 fully saturated rings. The molecule has 110 valence electrons. The Morgan fingerprint density at radius 2 is 2.00 bits per heavy atom. The normalized spacial score (nSPS) is 26.8.